The highest BCUT2D eigenvalue weighted by Crippen LogP contribution is 2.20. The zero-order valence-electron chi connectivity index (χ0n) is 12.4. The summed E-state index contributed by atoms with van der Waals surface area (Å²) in [5.74, 6) is -0.0151. The predicted molar refractivity (Wildman–Crippen MR) is 82.8 cm³/mol. The number of carbonyl (C=O) groups is 1. The maximum Gasteiger partial charge on any atom is 0.255 e. The number of benzene rings is 1. The molecule has 2 rings (SSSR count). The van der Waals surface area contributed by atoms with Crippen LogP contribution in [0.25, 0.3) is 0 Å². The molecule has 0 N–H and O–H groups in total. The van der Waals surface area contributed by atoms with Gasteiger partial charge in [-0.15, -0.1) is 0 Å². The van der Waals surface area contributed by atoms with Crippen LogP contribution < -0.4 is 0 Å². The molecular formula is C16H22ClNO3. The van der Waals surface area contributed by atoms with Crippen molar-refractivity contribution in [3.63, 3.8) is 0 Å². The van der Waals surface area contributed by atoms with Gasteiger partial charge in [-0.2, -0.15) is 0 Å². The molecule has 1 aromatic rings. The Labute approximate surface area is 131 Å². The molecule has 1 atom stereocenters. The zero-order valence-corrected chi connectivity index (χ0v) is 13.1. The van der Waals surface area contributed by atoms with Crippen LogP contribution in [0.1, 0.15) is 30.1 Å². The lowest BCUT2D eigenvalue weighted by Gasteiger charge is -2.33. The van der Waals surface area contributed by atoms with Crippen LogP contribution >= 0.6 is 11.6 Å². The fraction of sp³-hybridized carbons (Fsp3) is 0.562. The summed E-state index contributed by atoms with van der Waals surface area (Å²) in [5, 5.41) is 0.502. The molecule has 116 valence electrons. The van der Waals surface area contributed by atoms with Gasteiger partial charge in [-0.25, -0.2) is 0 Å². The molecule has 5 heteroatoms. The molecule has 1 saturated heterocycles. The smallest absolute Gasteiger partial charge is 0.255 e. The summed E-state index contributed by atoms with van der Waals surface area (Å²) >= 11 is 6.10. The lowest BCUT2D eigenvalue weighted by molar-refractivity contribution is -0.0226. The Morgan fingerprint density at radius 3 is 2.95 bits per heavy atom. The van der Waals surface area contributed by atoms with Gasteiger partial charge in [0.2, 0.25) is 0 Å². The molecule has 4 nitrogen and oxygen atoms in total. The minimum Gasteiger partial charge on any atom is -0.379 e. The monoisotopic (exact) mass is 311 g/mol. The molecule has 0 aromatic heterocycles. The highest BCUT2D eigenvalue weighted by Gasteiger charge is 2.25. The van der Waals surface area contributed by atoms with Gasteiger partial charge in [-0.1, -0.05) is 23.7 Å². The molecule has 21 heavy (non-hydrogen) atoms. The molecule has 1 heterocycles. The van der Waals surface area contributed by atoms with E-state index in [0.29, 0.717) is 37.0 Å². The fourth-order valence-corrected chi connectivity index (χ4v) is 2.70. The molecule has 0 bridgehead atoms. The summed E-state index contributed by atoms with van der Waals surface area (Å²) in [6.45, 7) is 5.22. The van der Waals surface area contributed by atoms with Crippen LogP contribution in [-0.4, -0.2) is 49.8 Å². The number of carbonyl (C=O) groups excluding carboxylic acids is 1. The molecule has 0 unspecified atom stereocenters. The normalized spacial score (nSPS) is 18.8. The highest BCUT2D eigenvalue weighted by molar-refractivity contribution is 6.33. The Hall–Kier alpha value is -1.10. The lowest BCUT2D eigenvalue weighted by atomic mass is 10.1. The average Bonchev–Trinajstić information content (AvgIpc) is 2.52. The van der Waals surface area contributed by atoms with E-state index < -0.39 is 0 Å². The molecule has 0 aliphatic carbocycles. The summed E-state index contributed by atoms with van der Waals surface area (Å²) in [6.07, 6.45) is 2.03. The number of halogens is 1. The van der Waals surface area contributed by atoms with Crippen molar-refractivity contribution in [2.75, 3.05) is 32.9 Å². The fourth-order valence-electron chi connectivity index (χ4n) is 2.48. The molecule has 1 amide bonds. The lowest BCUT2D eigenvalue weighted by Crippen LogP contribution is -2.43. The van der Waals surface area contributed by atoms with E-state index in [0.717, 1.165) is 19.4 Å². The second-order valence-electron chi connectivity index (χ2n) is 5.06. The zero-order chi connectivity index (χ0) is 15.1. The third kappa shape index (κ3) is 4.70. The van der Waals surface area contributed by atoms with Crippen molar-refractivity contribution in [1.82, 2.24) is 4.90 Å². The number of hydrogen-bond acceptors (Lipinski definition) is 3. The van der Waals surface area contributed by atoms with Crippen LogP contribution in [0, 0.1) is 0 Å². The van der Waals surface area contributed by atoms with Gasteiger partial charge in [-0.05, 0) is 31.9 Å². The second-order valence-corrected chi connectivity index (χ2v) is 5.47. The number of amides is 1. The van der Waals surface area contributed by atoms with Crippen molar-refractivity contribution in [3.05, 3.63) is 34.9 Å². The molecule has 0 radical (unpaired) electrons. The van der Waals surface area contributed by atoms with Crippen LogP contribution in [-0.2, 0) is 9.47 Å². The molecule has 0 spiro atoms. The summed E-state index contributed by atoms with van der Waals surface area (Å²) in [7, 11) is 0. The molecular weight excluding hydrogens is 290 g/mol. The standard InChI is InChI=1S/C16H22ClNO3/c1-2-20-10-11-21-13-6-5-9-18(12-13)16(19)14-7-3-4-8-15(14)17/h3-4,7-8,13H,2,5-6,9-12H2,1H3/t13-/m1/s1. The van der Waals surface area contributed by atoms with E-state index in [1.54, 1.807) is 12.1 Å². The van der Waals surface area contributed by atoms with Crippen molar-refractivity contribution in [1.29, 1.82) is 0 Å². The van der Waals surface area contributed by atoms with E-state index in [-0.39, 0.29) is 12.0 Å². The number of piperidine rings is 1. The van der Waals surface area contributed by atoms with E-state index in [9.17, 15) is 4.79 Å². The molecule has 1 aromatic carbocycles. The third-order valence-electron chi connectivity index (χ3n) is 3.55. The third-order valence-corrected chi connectivity index (χ3v) is 3.88. The van der Waals surface area contributed by atoms with Gasteiger partial charge in [0, 0.05) is 19.7 Å². The summed E-state index contributed by atoms with van der Waals surface area (Å²) in [4.78, 5) is 14.3. The number of hydrogen-bond donors (Lipinski definition) is 0. The summed E-state index contributed by atoms with van der Waals surface area (Å²) in [6, 6.07) is 7.17. The summed E-state index contributed by atoms with van der Waals surface area (Å²) in [5.41, 5.74) is 0.564. The largest absolute Gasteiger partial charge is 0.379 e. The Morgan fingerprint density at radius 1 is 1.38 bits per heavy atom. The first kappa shape index (κ1) is 16.3. The summed E-state index contributed by atoms with van der Waals surface area (Å²) < 4.78 is 11.0. The van der Waals surface area contributed by atoms with Gasteiger partial charge in [-0.3, -0.25) is 4.79 Å². The van der Waals surface area contributed by atoms with E-state index in [2.05, 4.69) is 0 Å². The first-order valence-corrected chi connectivity index (χ1v) is 7.83. The second kappa shape index (κ2) is 8.37. The number of rotatable bonds is 6. The van der Waals surface area contributed by atoms with Gasteiger partial charge >= 0.3 is 0 Å². The van der Waals surface area contributed by atoms with Gasteiger partial charge in [0.15, 0.2) is 0 Å². The van der Waals surface area contributed by atoms with Gasteiger partial charge in [0.25, 0.3) is 5.91 Å². The molecule has 1 aliphatic heterocycles. The van der Waals surface area contributed by atoms with Crippen molar-refractivity contribution in [3.8, 4) is 0 Å². The van der Waals surface area contributed by atoms with E-state index >= 15 is 0 Å². The topological polar surface area (TPSA) is 38.8 Å². The number of ether oxygens (including phenoxy) is 2. The van der Waals surface area contributed by atoms with Gasteiger partial charge in [0.05, 0.1) is 29.9 Å². The van der Waals surface area contributed by atoms with E-state index in [4.69, 9.17) is 21.1 Å². The Morgan fingerprint density at radius 2 is 2.19 bits per heavy atom. The van der Waals surface area contributed by atoms with Crippen molar-refractivity contribution in [2.24, 2.45) is 0 Å². The van der Waals surface area contributed by atoms with Crippen LogP contribution in [0.5, 0.6) is 0 Å². The quantitative estimate of drug-likeness (QED) is 0.758. The SMILES string of the molecule is CCOCCO[C@@H]1CCCN(C(=O)c2ccccc2Cl)C1. The first-order valence-electron chi connectivity index (χ1n) is 7.45. The van der Waals surface area contributed by atoms with Crippen molar-refractivity contribution >= 4 is 17.5 Å². The highest BCUT2D eigenvalue weighted by atomic mass is 35.5. The maximum absolute atomic E-state index is 12.5. The maximum atomic E-state index is 12.5. The number of nitrogens with zero attached hydrogens (tertiary/aromatic N) is 1. The van der Waals surface area contributed by atoms with Crippen LogP contribution in [0.4, 0.5) is 0 Å². The molecule has 1 aliphatic rings. The minimum absolute atomic E-state index is 0.0151. The average molecular weight is 312 g/mol. The van der Waals surface area contributed by atoms with Crippen molar-refractivity contribution in [2.45, 2.75) is 25.9 Å². The van der Waals surface area contributed by atoms with Gasteiger partial charge < -0.3 is 14.4 Å². The van der Waals surface area contributed by atoms with Gasteiger partial charge in [0.1, 0.15) is 0 Å². The van der Waals surface area contributed by atoms with Crippen LogP contribution in [0.15, 0.2) is 24.3 Å². The number of likely N-dealkylation sites (tertiary alicyclic amines) is 1. The van der Waals surface area contributed by atoms with Crippen molar-refractivity contribution < 1.29 is 14.3 Å². The Balaban J connectivity index is 1.88. The van der Waals surface area contributed by atoms with Crippen LogP contribution in [0.2, 0.25) is 5.02 Å². The van der Waals surface area contributed by atoms with Crippen LogP contribution in [0.3, 0.4) is 0 Å². The van der Waals surface area contributed by atoms with E-state index in [1.165, 1.54) is 0 Å². The Bertz CT molecular complexity index is 467. The van der Waals surface area contributed by atoms with E-state index in [1.807, 2.05) is 24.0 Å². The molecule has 0 saturated carbocycles. The first-order chi connectivity index (χ1) is 10.2. The Kier molecular flexibility index (Phi) is 6.49. The minimum atomic E-state index is -0.0151. The molecule has 1 fully saturated rings. The predicted octanol–water partition coefficient (Wildman–Crippen LogP) is 3.00.